The molecule has 0 unspecified atom stereocenters. The van der Waals surface area contributed by atoms with Gasteiger partial charge in [0.15, 0.2) is 0 Å². The molecule has 136 valence electrons. The zero-order valence-electron chi connectivity index (χ0n) is 14.7. The summed E-state index contributed by atoms with van der Waals surface area (Å²) in [5.74, 6) is 0.355. The van der Waals surface area contributed by atoms with Gasteiger partial charge in [-0.1, -0.05) is 6.92 Å². The largest absolute Gasteiger partial charge is 0.478 e. The van der Waals surface area contributed by atoms with Crippen LogP contribution in [0.5, 0.6) is 0 Å². The van der Waals surface area contributed by atoms with Crippen LogP contribution in [0.1, 0.15) is 59.3 Å². The molecule has 3 rings (SSSR count). The zero-order chi connectivity index (χ0) is 16.6. The van der Waals surface area contributed by atoms with Gasteiger partial charge in [-0.15, -0.1) is 23.7 Å². The maximum atomic E-state index is 11.2. The Hall–Kier alpha value is -0.620. The van der Waals surface area contributed by atoms with Crippen LogP contribution in [-0.2, 0) is 4.74 Å². The number of carbonyl (C=O) groups is 1. The predicted molar refractivity (Wildman–Crippen MR) is 99.8 cm³/mol. The zero-order valence-corrected chi connectivity index (χ0v) is 16.3. The van der Waals surface area contributed by atoms with Gasteiger partial charge in [-0.3, -0.25) is 4.90 Å². The average Bonchev–Trinajstić information content (AvgIpc) is 2.88. The summed E-state index contributed by atoms with van der Waals surface area (Å²) < 4.78 is 5.37. The van der Waals surface area contributed by atoms with Gasteiger partial charge in [0.2, 0.25) is 0 Å². The maximum Gasteiger partial charge on any atom is 0.336 e. The van der Waals surface area contributed by atoms with Gasteiger partial charge in [0.1, 0.15) is 0 Å². The van der Waals surface area contributed by atoms with Crippen molar-refractivity contribution >= 4 is 29.7 Å². The maximum absolute atomic E-state index is 11.2. The lowest BCUT2D eigenvalue weighted by Gasteiger charge is -2.46. The summed E-state index contributed by atoms with van der Waals surface area (Å²) in [5, 5.41) is 11.0. The molecule has 0 radical (unpaired) electrons. The average molecular weight is 374 g/mol. The molecule has 1 saturated heterocycles. The quantitative estimate of drug-likeness (QED) is 0.841. The van der Waals surface area contributed by atoms with Crippen LogP contribution in [-0.4, -0.2) is 48.3 Å². The number of likely N-dealkylation sites (tertiary alicyclic amines) is 1. The molecule has 1 aliphatic heterocycles. The summed E-state index contributed by atoms with van der Waals surface area (Å²) >= 11 is 1.62. The molecule has 2 fully saturated rings. The lowest BCUT2D eigenvalue weighted by atomic mass is 9.77. The molecule has 1 aromatic rings. The van der Waals surface area contributed by atoms with Crippen LogP contribution in [0.3, 0.4) is 0 Å². The van der Waals surface area contributed by atoms with E-state index in [1.807, 2.05) is 6.92 Å². The Morgan fingerprint density at radius 3 is 2.46 bits per heavy atom. The van der Waals surface area contributed by atoms with E-state index in [0.717, 1.165) is 24.7 Å². The number of aromatic carboxylic acids is 1. The van der Waals surface area contributed by atoms with Crippen LogP contribution in [0.4, 0.5) is 0 Å². The Bertz CT molecular complexity index is 563. The molecular formula is C18H28ClNO3S. The second-order valence-electron chi connectivity index (χ2n) is 7.11. The summed E-state index contributed by atoms with van der Waals surface area (Å²) in [6.45, 7) is 6.42. The van der Waals surface area contributed by atoms with E-state index in [-0.39, 0.29) is 12.4 Å². The van der Waals surface area contributed by atoms with Crippen LogP contribution >= 0.6 is 23.7 Å². The van der Waals surface area contributed by atoms with E-state index >= 15 is 0 Å². The van der Waals surface area contributed by atoms with Crippen molar-refractivity contribution in [1.29, 1.82) is 0 Å². The standard InChI is InChI=1S/C18H27NO3S.ClH/c1-11(17-12(2)16(10-23-17)18(20)21)13-4-6-14(7-5-13)19-8-15(9-19)22-3;/h10-11,13-15H,4-9H2,1-3H3,(H,20,21);1H/t11-,13-,14-;/m1./s1. The van der Waals surface area contributed by atoms with Crippen molar-refractivity contribution in [1.82, 2.24) is 4.90 Å². The first-order valence-electron chi connectivity index (χ1n) is 8.59. The number of hydrogen-bond donors (Lipinski definition) is 1. The van der Waals surface area contributed by atoms with E-state index in [1.165, 1.54) is 30.6 Å². The fourth-order valence-corrected chi connectivity index (χ4v) is 5.41. The molecule has 0 amide bonds. The van der Waals surface area contributed by atoms with Gasteiger partial charge in [0.05, 0.1) is 11.7 Å². The highest BCUT2D eigenvalue weighted by Crippen LogP contribution is 2.41. The molecule has 4 nitrogen and oxygen atoms in total. The van der Waals surface area contributed by atoms with Gasteiger partial charge in [-0.2, -0.15) is 0 Å². The van der Waals surface area contributed by atoms with E-state index in [4.69, 9.17) is 4.74 Å². The summed E-state index contributed by atoms with van der Waals surface area (Å²) in [7, 11) is 1.80. The first-order valence-corrected chi connectivity index (χ1v) is 9.47. The minimum absolute atomic E-state index is 0. The molecule has 24 heavy (non-hydrogen) atoms. The van der Waals surface area contributed by atoms with Crippen molar-refractivity contribution in [2.24, 2.45) is 5.92 Å². The van der Waals surface area contributed by atoms with Gasteiger partial charge in [0, 0.05) is 36.5 Å². The molecule has 0 bridgehead atoms. The second kappa shape index (κ2) is 8.17. The molecule has 1 aliphatic carbocycles. The highest BCUT2D eigenvalue weighted by molar-refractivity contribution is 7.10. The third-order valence-electron chi connectivity index (χ3n) is 5.90. The van der Waals surface area contributed by atoms with Crippen molar-refractivity contribution in [3.05, 3.63) is 21.4 Å². The monoisotopic (exact) mass is 373 g/mol. The number of methoxy groups -OCH3 is 1. The van der Waals surface area contributed by atoms with E-state index in [0.29, 0.717) is 23.5 Å². The van der Waals surface area contributed by atoms with Crippen molar-refractivity contribution in [3.8, 4) is 0 Å². The first-order chi connectivity index (χ1) is 11.0. The minimum atomic E-state index is -0.800. The highest BCUT2D eigenvalue weighted by atomic mass is 35.5. The van der Waals surface area contributed by atoms with Crippen LogP contribution in [0, 0.1) is 12.8 Å². The number of ether oxygens (including phenoxy) is 1. The summed E-state index contributed by atoms with van der Waals surface area (Å²) in [6.07, 6.45) is 5.47. The fraction of sp³-hybridized carbons (Fsp3) is 0.722. The molecular weight excluding hydrogens is 346 g/mol. The van der Waals surface area contributed by atoms with Gasteiger partial charge in [-0.25, -0.2) is 4.79 Å². The fourth-order valence-electron chi connectivity index (χ4n) is 4.19. The smallest absolute Gasteiger partial charge is 0.336 e. The van der Waals surface area contributed by atoms with Crippen LogP contribution in [0.25, 0.3) is 0 Å². The first kappa shape index (κ1) is 19.7. The SMILES string of the molecule is COC1CN([C@H]2CC[C@H]([C@@H](C)c3scc(C(=O)O)c3C)CC2)C1.Cl. The Kier molecular flexibility index (Phi) is 6.71. The minimum Gasteiger partial charge on any atom is -0.478 e. The summed E-state index contributed by atoms with van der Waals surface area (Å²) in [4.78, 5) is 15.1. The number of halogens is 1. The highest BCUT2D eigenvalue weighted by Gasteiger charge is 2.36. The number of nitrogens with zero attached hydrogens (tertiary/aromatic N) is 1. The third-order valence-corrected chi connectivity index (χ3v) is 7.18. The second-order valence-corrected chi connectivity index (χ2v) is 8.02. The molecule has 1 aromatic heterocycles. The molecule has 0 aromatic carbocycles. The van der Waals surface area contributed by atoms with Crippen molar-refractivity contribution in [3.63, 3.8) is 0 Å². The van der Waals surface area contributed by atoms with Crippen molar-refractivity contribution < 1.29 is 14.6 Å². The van der Waals surface area contributed by atoms with E-state index < -0.39 is 5.97 Å². The number of carboxylic acid groups (broad SMARTS) is 1. The molecule has 6 heteroatoms. The number of hydrogen-bond acceptors (Lipinski definition) is 4. The lowest BCUT2D eigenvalue weighted by molar-refractivity contribution is -0.0600. The normalized spacial score (nSPS) is 26.5. The number of rotatable bonds is 5. The number of carboxylic acids is 1. The Morgan fingerprint density at radius 2 is 1.96 bits per heavy atom. The molecule has 1 N–H and O–H groups in total. The van der Waals surface area contributed by atoms with Crippen LogP contribution in [0.2, 0.25) is 0 Å². The molecule has 1 saturated carbocycles. The van der Waals surface area contributed by atoms with E-state index in [2.05, 4.69) is 11.8 Å². The Balaban J connectivity index is 0.00000208. The Labute approximate surface area is 154 Å². The molecule has 2 aliphatic rings. The van der Waals surface area contributed by atoms with Gasteiger partial charge in [-0.05, 0) is 50.0 Å². The van der Waals surface area contributed by atoms with Crippen LogP contribution < -0.4 is 0 Å². The number of thiophene rings is 1. The third kappa shape index (κ3) is 3.79. The van der Waals surface area contributed by atoms with Gasteiger partial charge < -0.3 is 9.84 Å². The van der Waals surface area contributed by atoms with E-state index in [9.17, 15) is 9.90 Å². The van der Waals surface area contributed by atoms with Crippen molar-refractivity contribution in [2.45, 2.75) is 57.6 Å². The van der Waals surface area contributed by atoms with Gasteiger partial charge >= 0.3 is 5.97 Å². The predicted octanol–water partition coefficient (Wildman–Crippen LogP) is 4.17. The van der Waals surface area contributed by atoms with Gasteiger partial charge in [0.25, 0.3) is 0 Å². The van der Waals surface area contributed by atoms with Crippen molar-refractivity contribution in [2.75, 3.05) is 20.2 Å². The summed E-state index contributed by atoms with van der Waals surface area (Å²) in [5.41, 5.74) is 1.46. The molecule has 2 heterocycles. The topological polar surface area (TPSA) is 49.8 Å². The summed E-state index contributed by atoms with van der Waals surface area (Å²) in [6, 6.07) is 0.726. The molecule has 0 spiro atoms. The lowest BCUT2D eigenvalue weighted by Crippen LogP contribution is -2.56. The Morgan fingerprint density at radius 1 is 1.33 bits per heavy atom. The molecule has 1 atom stereocenters. The van der Waals surface area contributed by atoms with E-state index in [1.54, 1.807) is 23.8 Å². The van der Waals surface area contributed by atoms with Crippen LogP contribution in [0.15, 0.2) is 5.38 Å².